The van der Waals surface area contributed by atoms with E-state index >= 15 is 0 Å². The minimum absolute atomic E-state index is 0.259. The van der Waals surface area contributed by atoms with Gasteiger partial charge in [0.1, 0.15) is 0 Å². The molecule has 0 bridgehead atoms. The Labute approximate surface area is 113 Å². The average molecular weight is 338 g/mol. The molecule has 0 unspecified atom stereocenters. The average Bonchev–Trinajstić information content (AvgIpc) is 2.18. The van der Waals surface area contributed by atoms with Gasteiger partial charge >= 0.3 is 16.3 Å². The Hall–Kier alpha value is -1.35. The summed E-state index contributed by atoms with van der Waals surface area (Å²) in [6.45, 7) is 3.22. The number of pyridine rings is 1. The molecule has 1 heterocycles. The molecule has 7 nitrogen and oxygen atoms in total. The van der Waals surface area contributed by atoms with Gasteiger partial charge in [-0.25, -0.2) is 9.52 Å². The Bertz CT molecular complexity index is 532. The van der Waals surface area contributed by atoms with Crippen LogP contribution in [-0.4, -0.2) is 25.6 Å². The second-order valence-corrected chi connectivity index (χ2v) is 5.79. The van der Waals surface area contributed by atoms with E-state index in [0.717, 1.165) is 0 Å². The molecule has 1 aromatic rings. The van der Waals surface area contributed by atoms with Crippen LogP contribution < -0.4 is 9.44 Å². The van der Waals surface area contributed by atoms with Crippen molar-refractivity contribution in [1.82, 2.24) is 9.71 Å². The van der Waals surface area contributed by atoms with E-state index in [9.17, 15) is 13.2 Å². The molecule has 0 atom stereocenters. The van der Waals surface area contributed by atoms with Gasteiger partial charge in [0.15, 0.2) is 0 Å². The van der Waals surface area contributed by atoms with Crippen LogP contribution in [0.25, 0.3) is 0 Å². The highest BCUT2D eigenvalue weighted by molar-refractivity contribution is 9.10. The molecule has 100 valence electrons. The van der Waals surface area contributed by atoms with Crippen LogP contribution in [0.3, 0.4) is 0 Å². The SMILES string of the molecule is CC(C)OC(=O)NS(=O)(=O)Nc1ccncc1Br. The summed E-state index contributed by atoms with van der Waals surface area (Å²) in [5.74, 6) is 0. The lowest BCUT2D eigenvalue weighted by molar-refractivity contribution is 0.121. The summed E-state index contributed by atoms with van der Waals surface area (Å²) in [5.41, 5.74) is 0.259. The van der Waals surface area contributed by atoms with E-state index in [0.29, 0.717) is 4.47 Å². The lowest BCUT2D eigenvalue weighted by atomic mass is 10.4. The molecule has 9 heteroatoms. The van der Waals surface area contributed by atoms with Crippen molar-refractivity contribution in [3.8, 4) is 0 Å². The first-order valence-electron chi connectivity index (χ1n) is 4.91. The molecule has 1 rings (SSSR count). The van der Waals surface area contributed by atoms with Gasteiger partial charge in [0, 0.05) is 12.4 Å². The van der Waals surface area contributed by atoms with E-state index in [1.165, 1.54) is 18.5 Å². The number of aromatic nitrogens is 1. The Morgan fingerprint density at radius 3 is 2.72 bits per heavy atom. The molecule has 0 radical (unpaired) electrons. The van der Waals surface area contributed by atoms with Crippen LogP contribution in [0.2, 0.25) is 0 Å². The van der Waals surface area contributed by atoms with Crippen LogP contribution in [-0.2, 0) is 14.9 Å². The third-order valence-electron chi connectivity index (χ3n) is 1.58. The van der Waals surface area contributed by atoms with Crippen LogP contribution in [0.15, 0.2) is 22.9 Å². The number of rotatable bonds is 4. The predicted octanol–water partition coefficient (Wildman–Crippen LogP) is 1.64. The van der Waals surface area contributed by atoms with Gasteiger partial charge in [-0.1, -0.05) is 0 Å². The summed E-state index contributed by atoms with van der Waals surface area (Å²) in [5, 5.41) is 0. The van der Waals surface area contributed by atoms with E-state index in [4.69, 9.17) is 0 Å². The van der Waals surface area contributed by atoms with Gasteiger partial charge < -0.3 is 4.74 Å². The molecule has 0 saturated carbocycles. The smallest absolute Gasteiger partial charge is 0.422 e. The zero-order chi connectivity index (χ0) is 13.8. The lowest BCUT2D eigenvalue weighted by Crippen LogP contribution is -2.36. The van der Waals surface area contributed by atoms with Gasteiger partial charge in [0.05, 0.1) is 16.3 Å². The van der Waals surface area contributed by atoms with Crippen molar-refractivity contribution in [3.63, 3.8) is 0 Å². The number of nitrogens with one attached hydrogen (secondary N) is 2. The normalized spacial score (nSPS) is 11.1. The molecule has 0 saturated heterocycles. The summed E-state index contributed by atoms with van der Waals surface area (Å²) in [4.78, 5) is 14.9. The molecule has 1 amide bonds. The van der Waals surface area contributed by atoms with Crippen molar-refractivity contribution in [2.75, 3.05) is 4.72 Å². The van der Waals surface area contributed by atoms with Gasteiger partial charge in [0.2, 0.25) is 0 Å². The number of ether oxygens (including phenoxy) is 1. The predicted molar refractivity (Wildman–Crippen MR) is 69.2 cm³/mol. The number of carbonyl (C=O) groups excluding carboxylic acids is 1. The molecule has 0 aliphatic carbocycles. The van der Waals surface area contributed by atoms with Crippen molar-refractivity contribution in [1.29, 1.82) is 0 Å². The van der Waals surface area contributed by atoms with Crippen LogP contribution in [0.4, 0.5) is 10.5 Å². The topological polar surface area (TPSA) is 97.4 Å². The van der Waals surface area contributed by atoms with Crippen LogP contribution in [0, 0.1) is 0 Å². The minimum atomic E-state index is -4.03. The Balaban J connectivity index is 2.72. The fraction of sp³-hybridized carbons (Fsp3) is 0.333. The van der Waals surface area contributed by atoms with E-state index in [1.54, 1.807) is 18.6 Å². The van der Waals surface area contributed by atoms with Gasteiger partial charge in [-0.15, -0.1) is 0 Å². The number of anilines is 1. The van der Waals surface area contributed by atoms with Crippen LogP contribution >= 0.6 is 15.9 Å². The monoisotopic (exact) mass is 337 g/mol. The maximum atomic E-state index is 11.6. The van der Waals surface area contributed by atoms with Gasteiger partial charge in [-0.2, -0.15) is 8.42 Å². The molecule has 0 fully saturated rings. The Morgan fingerprint density at radius 2 is 2.17 bits per heavy atom. The van der Waals surface area contributed by atoms with Crippen LogP contribution in [0.5, 0.6) is 0 Å². The summed E-state index contributed by atoms with van der Waals surface area (Å²) >= 11 is 3.12. The fourth-order valence-electron chi connectivity index (χ4n) is 0.976. The third-order valence-corrected chi connectivity index (χ3v) is 3.13. The molecular formula is C9H12BrN3O4S. The summed E-state index contributed by atoms with van der Waals surface area (Å²) < 4.78 is 32.2. The zero-order valence-electron chi connectivity index (χ0n) is 9.68. The van der Waals surface area contributed by atoms with Gasteiger partial charge in [0.25, 0.3) is 0 Å². The number of hydrogen-bond acceptors (Lipinski definition) is 5. The summed E-state index contributed by atoms with van der Waals surface area (Å²) in [6.07, 6.45) is 1.38. The fourth-order valence-corrected chi connectivity index (χ4v) is 2.24. The minimum Gasteiger partial charge on any atom is -0.446 e. The maximum Gasteiger partial charge on any atom is 0.422 e. The second kappa shape index (κ2) is 6.01. The molecule has 0 aromatic carbocycles. The molecule has 2 N–H and O–H groups in total. The molecular weight excluding hydrogens is 326 g/mol. The molecule has 1 aromatic heterocycles. The summed E-state index contributed by atoms with van der Waals surface area (Å²) in [7, 11) is -4.03. The van der Waals surface area contributed by atoms with Crippen molar-refractivity contribution in [2.45, 2.75) is 20.0 Å². The Morgan fingerprint density at radius 1 is 1.50 bits per heavy atom. The number of halogens is 1. The van der Waals surface area contributed by atoms with E-state index in [2.05, 4.69) is 30.4 Å². The first kappa shape index (κ1) is 14.7. The zero-order valence-corrected chi connectivity index (χ0v) is 12.1. The Kier molecular flexibility index (Phi) is 4.91. The largest absolute Gasteiger partial charge is 0.446 e. The highest BCUT2D eigenvalue weighted by Crippen LogP contribution is 2.20. The first-order chi connectivity index (χ1) is 8.30. The standard InChI is InChI=1S/C9H12BrN3O4S/c1-6(2)17-9(14)13-18(15,16)12-8-3-4-11-5-7(8)10/h3-6H,1-2H3,(H,11,12)(H,13,14). The van der Waals surface area contributed by atoms with Crippen molar-refractivity contribution < 1.29 is 17.9 Å². The van der Waals surface area contributed by atoms with E-state index in [1.807, 2.05) is 0 Å². The number of hydrogen-bond donors (Lipinski definition) is 2. The number of carbonyl (C=O) groups is 1. The lowest BCUT2D eigenvalue weighted by Gasteiger charge is -2.12. The van der Waals surface area contributed by atoms with E-state index in [-0.39, 0.29) is 5.69 Å². The molecule has 18 heavy (non-hydrogen) atoms. The molecule has 0 aliphatic heterocycles. The highest BCUT2D eigenvalue weighted by atomic mass is 79.9. The van der Waals surface area contributed by atoms with Gasteiger partial charge in [-0.05, 0) is 35.8 Å². The second-order valence-electron chi connectivity index (χ2n) is 3.52. The molecule has 0 spiro atoms. The number of nitrogens with zero attached hydrogens (tertiary/aromatic N) is 1. The first-order valence-corrected chi connectivity index (χ1v) is 7.18. The molecule has 0 aliphatic rings. The van der Waals surface area contributed by atoms with Crippen molar-refractivity contribution in [2.24, 2.45) is 0 Å². The van der Waals surface area contributed by atoms with Crippen LogP contribution in [0.1, 0.15) is 13.8 Å². The van der Waals surface area contributed by atoms with E-state index < -0.39 is 22.4 Å². The highest BCUT2D eigenvalue weighted by Gasteiger charge is 2.17. The maximum absolute atomic E-state index is 11.6. The van der Waals surface area contributed by atoms with Crippen molar-refractivity contribution >= 4 is 37.9 Å². The van der Waals surface area contributed by atoms with Crippen molar-refractivity contribution in [3.05, 3.63) is 22.9 Å². The summed E-state index contributed by atoms with van der Waals surface area (Å²) in [6, 6.07) is 1.44. The number of amides is 1. The van der Waals surface area contributed by atoms with Gasteiger partial charge in [-0.3, -0.25) is 9.71 Å². The quantitative estimate of drug-likeness (QED) is 0.870. The third kappa shape index (κ3) is 4.88.